The lowest BCUT2D eigenvalue weighted by Gasteiger charge is -2.22. The molecule has 9 rings (SSSR count). The molecule has 45 heavy (non-hydrogen) atoms. The molecule has 2 heterocycles. The van der Waals surface area contributed by atoms with E-state index >= 15 is 0 Å². The van der Waals surface area contributed by atoms with Gasteiger partial charge in [-0.3, -0.25) is 4.99 Å². The van der Waals surface area contributed by atoms with E-state index < -0.39 is 0 Å². The Morgan fingerprint density at radius 1 is 0.489 bits per heavy atom. The largest absolute Gasteiger partial charge is 0.453 e. The zero-order chi connectivity index (χ0) is 30.3. The molecular formula is C42H32N2O. The van der Waals surface area contributed by atoms with Gasteiger partial charge in [0.2, 0.25) is 0 Å². The summed E-state index contributed by atoms with van der Waals surface area (Å²) in [5.41, 5.74) is 8.36. The van der Waals surface area contributed by atoms with Gasteiger partial charge in [-0.05, 0) is 52.1 Å². The average Bonchev–Trinajstić information content (AvgIpc) is 3.52. The van der Waals surface area contributed by atoms with Crippen molar-refractivity contribution in [2.45, 2.75) is 6.04 Å². The first-order valence-corrected chi connectivity index (χ1v) is 15.2. The second-order valence-electron chi connectivity index (χ2n) is 10.8. The van der Waals surface area contributed by atoms with E-state index in [-0.39, 0.29) is 6.04 Å². The number of ether oxygens (including phenoxy) is 1. The first-order chi connectivity index (χ1) is 22.3. The molecular weight excluding hydrogens is 548 g/mol. The Morgan fingerprint density at radius 3 is 1.56 bits per heavy atom. The minimum Gasteiger partial charge on any atom is -0.453 e. The SMILES string of the molecule is C1=CC2=c3c4c(ccc3=NC2C=C1)Oc1ccccc1N4.c1ccc(-c2ccccc2)cc1.c1ccc(-c2ccccc2)cc1. The Balaban J connectivity index is 0.000000117. The molecule has 0 saturated heterocycles. The molecule has 1 atom stereocenters. The van der Waals surface area contributed by atoms with Crippen molar-refractivity contribution in [1.29, 1.82) is 0 Å². The molecule has 3 aliphatic rings. The Labute approximate surface area is 263 Å². The highest BCUT2D eigenvalue weighted by molar-refractivity contribution is 5.81. The topological polar surface area (TPSA) is 33.6 Å². The molecule has 3 nitrogen and oxygen atoms in total. The molecule has 1 N–H and O–H groups in total. The van der Waals surface area contributed by atoms with Crippen LogP contribution in [-0.2, 0) is 0 Å². The van der Waals surface area contributed by atoms with Crippen molar-refractivity contribution in [3.8, 4) is 33.8 Å². The Hall–Kier alpha value is -5.93. The van der Waals surface area contributed by atoms with Crippen molar-refractivity contribution in [3.63, 3.8) is 0 Å². The second kappa shape index (κ2) is 13.2. The number of nitrogens with one attached hydrogen (secondary N) is 1. The lowest BCUT2D eigenvalue weighted by atomic mass is 10.0. The van der Waals surface area contributed by atoms with Gasteiger partial charge in [0, 0.05) is 5.22 Å². The molecule has 1 aliphatic carbocycles. The molecule has 0 fully saturated rings. The lowest BCUT2D eigenvalue weighted by Crippen LogP contribution is -2.28. The number of hydrogen-bond acceptors (Lipinski definition) is 3. The Kier molecular flexibility index (Phi) is 8.15. The van der Waals surface area contributed by atoms with E-state index in [2.05, 4.69) is 127 Å². The van der Waals surface area contributed by atoms with Gasteiger partial charge in [0.05, 0.1) is 22.8 Å². The predicted molar refractivity (Wildman–Crippen MR) is 186 cm³/mol. The maximum absolute atomic E-state index is 6.02. The van der Waals surface area contributed by atoms with Crippen LogP contribution in [-0.4, -0.2) is 6.04 Å². The quantitative estimate of drug-likeness (QED) is 0.221. The number of fused-ring (bicyclic) bond motifs is 5. The van der Waals surface area contributed by atoms with E-state index in [4.69, 9.17) is 9.73 Å². The maximum Gasteiger partial charge on any atom is 0.151 e. The number of nitrogens with zero attached hydrogens (tertiary/aromatic N) is 1. The number of para-hydroxylation sites is 2. The summed E-state index contributed by atoms with van der Waals surface area (Å²) in [5, 5.41) is 5.70. The van der Waals surface area contributed by atoms with Crippen LogP contribution in [0.15, 0.2) is 187 Å². The molecule has 0 bridgehead atoms. The average molecular weight is 581 g/mol. The zero-order valence-electron chi connectivity index (χ0n) is 24.8. The summed E-state index contributed by atoms with van der Waals surface area (Å²) >= 11 is 0. The molecule has 0 aromatic heterocycles. The van der Waals surface area contributed by atoms with E-state index in [0.717, 1.165) is 33.4 Å². The molecule has 1 unspecified atom stereocenters. The van der Waals surface area contributed by atoms with Crippen LogP contribution in [0.3, 0.4) is 0 Å². The molecule has 2 aliphatic heterocycles. The van der Waals surface area contributed by atoms with Crippen molar-refractivity contribution in [3.05, 3.63) is 193 Å². The van der Waals surface area contributed by atoms with E-state index in [1.165, 1.54) is 27.8 Å². The molecule has 0 amide bonds. The fourth-order valence-electron chi connectivity index (χ4n) is 5.64. The summed E-state index contributed by atoms with van der Waals surface area (Å²) in [7, 11) is 0. The minimum absolute atomic E-state index is 0.135. The van der Waals surface area contributed by atoms with Crippen molar-refractivity contribution in [1.82, 2.24) is 0 Å². The molecule has 3 heteroatoms. The maximum atomic E-state index is 6.02. The van der Waals surface area contributed by atoms with E-state index in [1.54, 1.807) is 0 Å². The highest BCUT2D eigenvalue weighted by Gasteiger charge is 2.24. The third kappa shape index (κ3) is 6.24. The summed E-state index contributed by atoms with van der Waals surface area (Å²) < 4.78 is 6.02. The van der Waals surface area contributed by atoms with Gasteiger partial charge in [-0.15, -0.1) is 0 Å². The molecule has 6 aromatic carbocycles. The molecule has 216 valence electrons. The Morgan fingerprint density at radius 2 is 1.00 bits per heavy atom. The van der Waals surface area contributed by atoms with Crippen LogP contribution < -0.4 is 20.6 Å². The number of rotatable bonds is 2. The normalized spacial score (nSPS) is 14.3. The molecule has 6 aromatic rings. The monoisotopic (exact) mass is 580 g/mol. The summed E-state index contributed by atoms with van der Waals surface area (Å²) in [4.78, 5) is 4.77. The number of anilines is 2. The first-order valence-electron chi connectivity index (χ1n) is 15.2. The standard InChI is InChI=1S/C18H12N2O.2C12H10/c1-2-6-12-11(5-1)17-14(19-12)9-10-16-18(17)20-13-7-3-4-8-15(13)21-16;2*1-3-7-11(8-4-1)12-9-5-2-6-10-12/h1-10,12,20H;2*1-10H. The minimum atomic E-state index is 0.135. The van der Waals surface area contributed by atoms with Gasteiger partial charge in [-0.25, -0.2) is 0 Å². The summed E-state index contributed by atoms with van der Waals surface area (Å²) in [6.45, 7) is 0. The smallest absolute Gasteiger partial charge is 0.151 e. The van der Waals surface area contributed by atoms with E-state index in [1.807, 2.05) is 60.7 Å². The van der Waals surface area contributed by atoms with Crippen LogP contribution in [0.1, 0.15) is 0 Å². The third-order valence-corrected chi connectivity index (χ3v) is 7.84. The van der Waals surface area contributed by atoms with Gasteiger partial charge >= 0.3 is 0 Å². The highest BCUT2D eigenvalue weighted by Crippen LogP contribution is 2.40. The van der Waals surface area contributed by atoms with Crippen molar-refractivity contribution in [2.24, 2.45) is 4.99 Å². The zero-order valence-corrected chi connectivity index (χ0v) is 24.8. The Bertz CT molecular complexity index is 1940. The van der Waals surface area contributed by atoms with Crippen molar-refractivity contribution >= 4 is 16.9 Å². The second-order valence-corrected chi connectivity index (χ2v) is 10.8. The van der Waals surface area contributed by atoms with Crippen LogP contribution in [0.25, 0.3) is 27.8 Å². The van der Waals surface area contributed by atoms with Crippen LogP contribution in [0.4, 0.5) is 11.4 Å². The summed E-state index contributed by atoms with van der Waals surface area (Å²) in [5.74, 6) is 1.72. The number of hydrogen-bond donors (Lipinski definition) is 1. The first kappa shape index (κ1) is 27.9. The van der Waals surface area contributed by atoms with Crippen LogP contribution >= 0.6 is 0 Å². The summed E-state index contributed by atoms with van der Waals surface area (Å²) in [6.07, 6.45) is 8.38. The third-order valence-electron chi connectivity index (χ3n) is 7.84. The van der Waals surface area contributed by atoms with Gasteiger partial charge < -0.3 is 10.1 Å². The van der Waals surface area contributed by atoms with E-state index in [0.29, 0.717) is 0 Å². The molecule has 0 saturated carbocycles. The molecule has 0 radical (unpaired) electrons. The number of allylic oxidation sites excluding steroid dienone is 2. The number of benzene rings is 6. The van der Waals surface area contributed by atoms with Crippen molar-refractivity contribution in [2.75, 3.05) is 5.32 Å². The van der Waals surface area contributed by atoms with Gasteiger partial charge in [0.1, 0.15) is 0 Å². The predicted octanol–water partition coefficient (Wildman–Crippen LogP) is 9.52. The van der Waals surface area contributed by atoms with Crippen LogP contribution in [0, 0.1) is 0 Å². The van der Waals surface area contributed by atoms with Crippen molar-refractivity contribution < 1.29 is 4.74 Å². The van der Waals surface area contributed by atoms with Crippen LogP contribution in [0.5, 0.6) is 11.5 Å². The lowest BCUT2D eigenvalue weighted by molar-refractivity contribution is 0.480. The fraction of sp³-hybridized carbons (Fsp3) is 0.0238. The van der Waals surface area contributed by atoms with Gasteiger partial charge in [-0.2, -0.15) is 0 Å². The van der Waals surface area contributed by atoms with Gasteiger partial charge in [0.15, 0.2) is 11.5 Å². The van der Waals surface area contributed by atoms with E-state index in [9.17, 15) is 0 Å². The van der Waals surface area contributed by atoms with Crippen LogP contribution in [0.2, 0.25) is 0 Å². The van der Waals surface area contributed by atoms with Gasteiger partial charge in [-0.1, -0.05) is 158 Å². The molecule has 0 spiro atoms. The summed E-state index contributed by atoms with van der Waals surface area (Å²) in [6, 6.07) is 53.7. The fourth-order valence-corrected chi connectivity index (χ4v) is 5.64. The van der Waals surface area contributed by atoms with Gasteiger partial charge in [0.25, 0.3) is 0 Å². The highest BCUT2D eigenvalue weighted by atomic mass is 16.5.